The van der Waals surface area contributed by atoms with Gasteiger partial charge in [0.05, 0.1) is 6.26 Å². The third-order valence-corrected chi connectivity index (χ3v) is 6.74. The van der Waals surface area contributed by atoms with E-state index in [0.29, 0.717) is 19.5 Å². The van der Waals surface area contributed by atoms with Gasteiger partial charge in [0.1, 0.15) is 18.7 Å². The smallest absolute Gasteiger partial charge is 0.247 e. The summed E-state index contributed by atoms with van der Waals surface area (Å²) in [5.41, 5.74) is 0. The molecule has 25 heavy (non-hydrogen) atoms. The van der Waals surface area contributed by atoms with Crippen LogP contribution in [0, 0.1) is 0 Å². The maximum Gasteiger partial charge on any atom is 0.247 e. The van der Waals surface area contributed by atoms with Crippen molar-refractivity contribution in [2.24, 2.45) is 0 Å². The minimum absolute atomic E-state index is 0.000207. The molecule has 2 atom stereocenters. The lowest BCUT2D eigenvalue weighted by Crippen LogP contribution is -2.50. The Hall–Kier alpha value is -1.48. The second-order valence-electron chi connectivity index (χ2n) is 7.14. The molecule has 8 nitrogen and oxygen atoms in total. The highest BCUT2D eigenvalue weighted by Gasteiger charge is 2.38. The lowest BCUT2D eigenvalue weighted by atomic mass is 9.91. The molecule has 140 valence electrons. The molecular formula is C16H27N5O3S. The first-order valence-electron chi connectivity index (χ1n) is 8.99. The van der Waals surface area contributed by atoms with Gasteiger partial charge in [-0.1, -0.05) is 6.42 Å². The van der Waals surface area contributed by atoms with Crippen LogP contribution in [0.15, 0.2) is 12.7 Å². The predicted molar refractivity (Wildman–Crippen MR) is 93.3 cm³/mol. The minimum Gasteiger partial charge on any atom is -0.341 e. The van der Waals surface area contributed by atoms with Crippen LogP contribution in [0.4, 0.5) is 0 Å². The molecule has 3 rings (SSSR count). The normalized spacial score (nSPS) is 24.0. The number of amides is 1. The molecule has 2 heterocycles. The van der Waals surface area contributed by atoms with E-state index in [0.717, 1.165) is 32.1 Å². The molecule has 1 aromatic rings. The van der Waals surface area contributed by atoms with Crippen molar-refractivity contribution < 1.29 is 13.2 Å². The molecule has 1 aromatic heterocycles. The third-order valence-electron chi connectivity index (χ3n) is 5.38. The molecule has 1 saturated carbocycles. The molecule has 0 bridgehead atoms. The topological polar surface area (TPSA) is 88.4 Å². The van der Waals surface area contributed by atoms with Gasteiger partial charge in [0.15, 0.2) is 0 Å². The SMILES string of the molecule is CC(C(=O)N1CCCC(N(C2CCC2)S(C)(=O)=O)CC1)n1cncn1. The van der Waals surface area contributed by atoms with Crippen molar-refractivity contribution in [3.05, 3.63) is 12.7 Å². The summed E-state index contributed by atoms with van der Waals surface area (Å²) in [5.74, 6) is 0.0145. The molecule has 1 amide bonds. The van der Waals surface area contributed by atoms with Crippen LogP contribution in [0.5, 0.6) is 0 Å². The van der Waals surface area contributed by atoms with E-state index < -0.39 is 16.1 Å². The van der Waals surface area contributed by atoms with Gasteiger partial charge in [0.25, 0.3) is 0 Å². The van der Waals surface area contributed by atoms with Crippen molar-refractivity contribution in [1.82, 2.24) is 24.0 Å². The number of rotatable bonds is 5. The van der Waals surface area contributed by atoms with Crippen molar-refractivity contribution in [2.75, 3.05) is 19.3 Å². The average Bonchev–Trinajstić information content (AvgIpc) is 2.94. The average molecular weight is 369 g/mol. The second-order valence-corrected chi connectivity index (χ2v) is 9.03. The fraction of sp³-hybridized carbons (Fsp3) is 0.812. The molecule has 2 unspecified atom stereocenters. The first-order valence-corrected chi connectivity index (χ1v) is 10.8. The Morgan fingerprint density at radius 3 is 2.40 bits per heavy atom. The monoisotopic (exact) mass is 369 g/mol. The summed E-state index contributed by atoms with van der Waals surface area (Å²) in [7, 11) is -3.22. The lowest BCUT2D eigenvalue weighted by molar-refractivity contribution is -0.134. The number of sulfonamides is 1. The van der Waals surface area contributed by atoms with E-state index in [2.05, 4.69) is 10.1 Å². The van der Waals surface area contributed by atoms with Gasteiger partial charge in [-0.05, 0) is 39.0 Å². The van der Waals surface area contributed by atoms with E-state index in [1.807, 2.05) is 11.8 Å². The lowest BCUT2D eigenvalue weighted by Gasteiger charge is -2.40. The van der Waals surface area contributed by atoms with Crippen LogP contribution < -0.4 is 0 Å². The Bertz CT molecular complexity index is 687. The van der Waals surface area contributed by atoms with Crippen LogP contribution in [0.2, 0.25) is 0 Å². The van der Waals surface area contributed by atoms with Gasteiger partial charge in [-0.25, -0.2) is 18.1 Å². The molecule has 0 radical (unpaired) electrons. The van der Waals surface area contributed by atoms with Crippen LogP contribution in [0.25, 0.3) is 0 Å². The molecule has 1 aliphatic heterocycles. The Labute approximate surface area is 149 Å². The second kappa shape index (κ2) is 7.41. The number of nitrogens with zero attached hydrogens (tertiary/aromatic N) is 5. The van der Waals surface area contributed by atoms with Crippen molar-refractivity contribution in [3.63, 3.8) is 0 Å². The van der Waals surface area contributed by atoms with Gasteiger partial charge in [-0.2, -0.15) is 9.40 Å². The fourth-order valence-electron chi connectivity index (χ4n) is 3.83. The van der Waals surface area contributed by atoms with Gasteiger partial charge in [0, 0.05) is 25.2 Å². The summed E-state index contributed by atoms with van der Waals surface area (Å²) in [6.45, 7) is 3.06. The third kappa shape index (κ3) is 4.03. The molecule has 0 spiro atoms. The van der Waals surface area contributed by atoms with E-state index in [9.17, 15) is 13.2 Å². The number of carbonyl (C=O) groups is 1. The fourth-order valence-corrected chi connectivity index (χ4v) is 5.33. The van der Waals surface area contributed by atoms with Gasteiger partial charge in [0.2, 0.25) is 15.9 Å². The summed E-state index contributed by atoms with van der Waals surface area (Å²) in [4.78, 5) is 18.5. The van der Waals surface area contributed by atoms with E-state index in [1.165, 1.54) is 12.6 Å². The highest BCUT2D eigenvalue weighted by Crippen LogP contribution is 2.32. The zero-order valence-corrected chi connectivity index (χ0v) is 15.7. The first-order chi connectivity index (χ1) is 11.9. The summed E-state index contributed by atoms with van der Waals surface area (Å²) in [5, 5.41) is 4.04. The van der Waals surface area contributed by atoms with Gasteiger partial charge < -0.3 is 4.90 Å². The van der Waals surface area contributed by atoms with E-state index in [-0.39, 0.29) is 18.0 Å². The minimum atomic E-state index is -3.22. The zero-order chi connectivity index (χ0) is 18.0. The van der Waals surface area contributed by atoms with Crippen LogP contribution in [0.3, 0.4) is 0 Å². The summed E-state index contributed by atoms with van der Waals surface area (Å²) >= 11 is 0. The molecule has 0 N–H and O–H groups in total. The van der Waals surface area contributed by atoms with Crippen LogP contribution in [-0.2, 0) is 14.8 Å². The maximum absolute atomic E-state index is 12.7. The number of carbonyl (C=O) groups excluding carboxylic acids is 1. The molecular weight excluding hydrogens is 342 g/mol. The molecule has 1 saturated heterocycles. The number of hydrogen-bond acceptors (Lipinski definition) is 5. The zero-order valence-electron chi connectivity index (χ0n) is 14.9. The summed E-state index contributed by atoms with van der Waals surface area (Å²) in [6, 6.07) is -0.243. The van der Waals surface area contributed by atoms with E-state index in [1.54, 1.807) is 15.3 Å². The predicted octanol–water partition coefficient (Wildman–Crippen LogP) is 1.03. The van der Waals surface area contributed by atoms with Gasteiger partial charge >= 0.3 is 0 Å². The summed E-state index contributed by atoms with van der Waals surface area (Å²) < 4.78 is 27.9. The summed E-state index contributed by atoms with van der Waals surface area (Å²) in [6.07, 6.45) is 9.61. The molecule has 1 aliphatic carbocycles. The Morgan fingerprint density at radius 1 is 1.16 bits per heavy atom. The quantitative estimate of drug-likeness (QED) is 0.774. The van der Waals surface area contributed by atoms with Crippen molar-refractivity contribution in [3.8, 4) is 0 Å². The largest absolute Gasteiger partial charge is 0.341 e. The van der Waals surface area contributed by atoms with E-state index in [4.69, 9.17) is 0 Å². The number of aromatic nitrogens is 3. The Kier molecular flexibility index (Phi) is 5.43. The first kappa shape index (κ1) is 18.3. The number of likely N-dealkylation sites (tertiary alicyclic amines) is 1. The number of hydrogen-bond donors (Lipinski definition) is 0. The van der Waals surface area contributed by atoms with Crippen LogP contribution >= 0.6 is 0 Å². The van der Waals surface area contributed by atoms with Crippen LogP contribution in [-0.4, -0.2) is 69.7 Å². The molecule has 2 aliphatic rings. The molecule has 0 aromatic carbocycles. The highest BCUT2D eigenvalue weighted by molar-refractivity contribution is 7.88. The van der Waals surface area contributed by atoms with Crippen LogP contribution in [0.1, 0.15) is 51.5 Å². The Morgan fingerprint density at radius 2 is 1.84 bits per heavy atom. The van der Waals surface area contributed by atoms with Gasteiger partial charge in [-0.3, -0.25) is 4.79 Å². The van der Waals surface area contributed by atoms with Crippen molar-refractivity contribution in [2.45, 2.75) is 63.6 Å². The van der Waals surface area contributed by atoms with E-state index >= 15 is 0 Å². The highest BCUT2D eigenvalue weighted by atomic mass is 32.2. The van der Waals surface area contributed by atoms with Crippen molar-refractivity contribution >= 4 is 15.9 Å². The standard InChI is InChI=1S/C16H27N5O3S/c1-13(20-12-17-11-18-20)16(22)19-9-4-7-15(8-10-19)21(25(2,23)24)14-5-3-6-14/h11-15H,3-10H2,1-2H3. The van der Waals surface area contributed by atoms with Gasteiger partial charge in [-0.15, -0.1) is 0 Å². The van der Waals surface area contributed by atoms with Crippen molar-refractivity contribution in [1.29, 1.82) is 0 Å². The maximum atomic E-state index is 12.7. The molecule has 2 fully saturated rings. The Balaban J connectivity index is 1.66. The molecule has 9 heteroatoms.